The average molecular weight is 408 g/mol. The van der Waals surface area contributed by atoms with Gasteiger partial charge in [0.2, 0.25) is 0 Å². The molecule has 1 aliphatic heterocycles. The Bertz CT molecular complexity index is 783. The molecule has 5 N–H and O–H groups in total. The second kappa shape index (κ2) is 9.22. The number of hydrogen-bond donors (Lipinski definition) is 5. The van der Waals surface area contributed by atoms with Crippen LogP contribution in [0.5, 0.6) is 5.75 Å². The molecule has 0 spiro atoms. The van der Waals surface area contributed by atoms with Crippen molar-refractivity contribution in [3.63, 3.8) is 0 Å². The Labute approximate surface area is 169 Å². The lowest BCUT2D eigenvalue weighted by atomic mass is 9.86. The quantitative estimate of drug-likeness (QED) is 0.496. The number of hydrogen-bond acceptors (Lipinski definition) is 6. The van der Waals surface area contributed by atoms with E-state index in [1.165, 1.54) is 0 Å². The first-order valence-corrected chi connectivity index (χ1v) is 9.73. The molecular formula is C21H26ClNO5. The summed E-state index contributed by atoms with van der Waals surface area (Å²) in [7, 11) is 0. The number of aliphatic hydroxyl groups excluding tert-OH is 4. The van der Waals surface area contributed by atoms with Crippen LogP contribution in [0.25, 0.3) is 0 Å². The molecule has 0 unspecified atom stereocenters. The molecule has 28 heavy (non-hydrogen) atoms. The van der Waals surface area contributed by atoms with Crippen LogP contribution in [-0.2, 0) is 6.42 Å². The lowest BCUT2D eigenvalue weighted by Gasteiger charge is -2.41. The van der Waals surface area contributed by atoms with Gasteiger partial charge in [-0.1, -0.05) is 35.9 Å². The van der Waals surface area contributed by atoms with Gasteiger partial charge in [0, 0.05) is 5.02 Å². The predicted molar refractivity (Wildman–Crippen MR) is 107 cm³/mol. The fourth-order valence-corrected chi connectivity index (χ4v) is 3.72. The first-order chi connectivity index (χ1) is 13.4. The third-order valence-electron chi connectivity index (χ3n) is 5.10. The average Bonchev–Trinajstić information content (AvgIpc) is 2.70. The Kier molecular flexibility index (Phi) is 6.93. The first-order valence-electron chi connectivity index (χ1n) is 9.35. The molecule has 2 aromatic carbocycles. The fourth-order valence-electron chi connectivity index (χ4n) is 3.53. The number of ether oxygens (including phenoxy) is 1. The predicted octanol–water partition coefficient (Wildman–Crippen LogP) is 1.42. The van der Waals surface area contributed by atoms with Crippen LogP contribution in [0, 0.1) is 0 Å². The molecule has 2 aromatic rings. The lowest BCUT2D eigenvalue weighted by Crippen LogP contribution is -2.62. The third-order valence-corrected chi connectivity index (χ3v) is 5.47. The van der Waals surface area contributed by atoms with Gasteiger partial charge in [0.25, 0.3) is 0 Å². The van der Waals surface area contributed by atoms with E-state index in [1.807, 2.05) is 37.3 Å². The summed E-state index contributed by atoms with van der Waals surface area (Å²) in [5.74, 6) is 0.809. The maximum atomic E-state index is 10.4. The largest absolute Gasteiger partial charge is 0.494 e. The van der Waals surface area contributed by atoms with Crippen LogP contribution in [0.15, 0.2) is 42.5 Å². The minimum Gasteiger partial charge on any atom is -0.494 e. The maximum absolute atomic E-state index is 10.4. The number of piperidine rings is 1. The van der Waals surface area contributed by atoms with Crippen molar-refractivity contribution in [2.45, 2.75) is 43.7 Å². The molecule has 0 radical (unpaired) electrons. The summed E-state index contributed by atoms with van der Waals surface area (Å²) in [5.41, 5.74) is 2.66. The van der Waals surface area contributed by atoms with Crippen LogP contribution in [0.3, 0.4) is 0 Å². The lowest BCUT2D eigenvalue weighted by molar-refractivity contribution is -0.120. The minimum absolute atomic E-state index is 0.353. The molecule has 0 saturated carbocycles. The highest BCUT2D eigenvalue weighted by molar-refractivity contribution is 6.31. The zero-order valence-electron chi connectivity index (χ0n) is 15.6. The second-order valence-electron chi connectivity index (χ2n) is 7.01. The topological polar surface area (TPSA) is 102 Å². The number of halogens is 1. The van der Waals surface area contributed by atoms with E-state index in [2.05, 4.69) is 5.32 Å². The summed E-state index contributed by atoms with van der Waals surface area (Å²) in [4.78, 5) is 0. The number of rotatable bonds is 6. The van der Waals surface area contributed by atoms with Gasteiger partial charge in [-0.2, -0.15) is 0 Å². The molecule has 1 fully saturated rings. The van der Waals surface area contributed by atoms with E-state index in [4.69, 9.17) is 16.3 Å². The van der Waals surface area contributed by atoms with Gasteiger partial charge in [0.1, 0.15) is 18.0 Å². The molecule has 152 valence electrons. The van der Waals surface area contributed by atoms with Crippen LogP contribution < -0.4 is 10.1 Å². The highest BCUT2D eigenvalue weighted by Gasteiger charge is 2.42. The van der Waals surface area contributed by atoms with Crippen molar-refractivity contribution in [1.82, 2.24) is 5.32 Å². The van der Waals surface area contributed by atoms with Gasteiger partial charge in [-0.05, 0) is 48.2 Å². The van der Waals surface area contributed by atoms with Gasteiger partial charge in [-0.15, -0.1) is 0 Å². The molecule has 7 heteroatoms. The summed E-state index contributed by atoms with van der Waals surface area (Å²) in [6.07, 6.45) is -3.21. The highest BCUT2D eigenvalue weighted by Crippen LogP contribution is 2.30. The zero-order valence-corrected chi connectivity index (χ0v) is 16.4. The van der Waals surface area contributed by atoms with E-state index in [0.29, 0.717) is 18.1 Å². The van der Waals surface area contributed by atoms with Crippen LogP contribution >= 0.6 is 11.6 Å². The molecule has 0 aliphatic carbocycles. The molecule has 1 aliphatic rings. The number of benzene rings is 2. The van der Waals surface area contributed by atoms with Crippen LogP contribution in [0.2, 0.25) is 5.02 Å². The summed E-state index contributed by atoms with van der Waals surface area (Å²) in [5, 5.41) is 43.5. The Morgan fingerprint density at radius 3 is 2.36 bits per heavy atom. The third kappa shape index (κ3) is 4.49. The van der Waals surface area contributed by atoms with E-state index >= 15 is 0 Å². The van der Waals surface area contributed by atoms with Crippen molar-refractivity contribution < 1.29 is 25.2 Å². The second-order valence-corrected chi connectivity index (χ2v) is 7.42. The normalized spacial score (nSPS) is 27.6. The van der Waals surface area contributed by atoms with E-state index in [9.17, 15) is 20.4 Å². The summed E-state index contributed by atoms with van der Waals surface area (Å²) in [6, 6.07) is 11.8. The smallest absolute Gasteiger partial charge is 0.119 e. The van der Waals surface area contributed by atoms with Crippen LogP contribution in [0.4, 0.5) is 0 Å². The van der Waals surface area contributed by atoms with Crippen LogP contribution in [0.1, 0.15) is 29.7 Å². The van der Waals surface area contributed by atoms with Gasteiger partial charge in [0.05, 0.1) is 31.4 Å². The Hall–Kier alpha value is -1.67. The van der Waals surface area contributed by atoms with Gasteiger partial charge < -0.3 is 30.5 Å². The van der Waals surface area contributed by atoms with Crippen molar-refractivity contribution in [1.29, 1.82) is 0 Å². The van der Waals surface area contributed by atoms with E-state index in [-0.39, 0.29) is 6.61 Å². The van der Waals surface area contributed by atoms with E-state index in [1.54, 1.807) is 12.1 Å². The van der Waals surface area contributed by atoms with Gasteiger partial charge in [0.15, 0.2) is 0 Å². The maximum Gasteiger partial charge on any atom is 0.119 e. The fraction of sp³-hybridized carbons (Fsp3) is 0.429. The molecule has 0 aromatic heterocycles. The van der Waals surface area contributed by atoms with Gasteiger partial charge in [-0.25, -0.2) is 0 Å². The molecule has 1 heterocycles. The van der Waals surface area contributed by atoms with Crippen molar-refractivity contribution >= 4 is 11.6 Å². The number of nitrogens with one attached hydrogen (secondary N) is 1. The highest BCUT2D eigenvalue weighted by atomic mass is 35.5. The number of aliphatic hydroxyl groups is 4. The summed E-state index contributed by atoms with van der Waals surface area (Å²) in [6.45, 7) is 2.19. The minimum atomic E-state index is -1.35. The van der Waals surface area contributed by atoms with Crippen molar-refractivity contribution in [2.24, 2.45) is 0 Å². The van der Waals surface area contributed by atoms with E-state index in [0.717, 1.165) is 22.4 Å². The van der Waals surface area contributed by atoms with Crippen molar-refractivity contribution in [2.75, 3.05) is 13.2 Å². The standard InChI is InChI=1S/C21H26ClNO5/c1-2-28-15-6-3-12(4-7-15)9-14-10-13(5-8-16(14)22)18-20(26)21(27)19(25)17(11-24)23-18/h3-8,10,17-21,23-27H,2,9,11H2,1H3/t17-,18+,19-,20+,21+/m1/s1. The zero-order chi connectivity index (χ0) is 20.3. The SMILES string of the molecule is CCOc1ccc(Cc2cc([C@@H]3N[C@H](CO)[C@@H](O)[C@H](O)[C@H]3O)ccc2Cl)cc1. The Morgan fingerprint density at radius 2 is 1.71 bits per heavy atom. The van der Waals surface area contributed by atoms with Crippen molar-refractivity contribution in [3.05, 3.63) is 64.2 Å². The Balaban J connectivity index is 1.82. The molecule has 3 rings (SSSR count). The monoisotopic (exact) mass is 407 g/mol. The molecule has 1 saturated heterocycles. The van der Waals surface area contributed by atoms with Gasteiger partial charge in [-0.3, -0.25) is 0 Å². The first kappa shape index (κ1) is 21.0. The van der Waals surface area contributed by atoms with Crippen LogP contribution in [-0.4, -0.2) is 58.0 Å². The van der Waals surface area contributed by atoms with E-state index < -0.39 is 30.4 Å². The summed E-state index contributed by atoms with van der Waals surface area (Å²) >= 11 is 6.37. The molecule has 5 atom stereocenters. The van der Waals surface area contributed by atoms with Crippen molar-refractivity contribution in [3.8, 4) is 5.75 Å². The molecule has 6 nitrogen and oxygen atoms in total. The summed E-state index contributed by atoms with van der Waals surface area (Å²) < 4.78 is 5.46. The van der Waals surface area contributed by atoms with Gasteiger partial charge >= 0.3 is 0 Å². The molecule has 0 bridgehead atoms. The molecule has 0 amide bonds. The Morgan fingerprint density at radius 1 is 1.00 bits per heavy atom. The molecular weight excluding hydrogens is 382 g/mol.